The standard InChI is InChI=1S/C35H36N2O5/c1-4-27-29(36(27)37-30(38)25-17-11-12-18-26(25)31(37)39)32(40)42-28-21-24-19-20-34(28,33(24,2)3)35(41,22-13-7-5-8-14-22)23-15-9-6-10-16-23/h5-18,24,27-29,41H,4,19-21H2,1-3H3. The van der Waals surface area contributed by atoms with Crippen molar-refractivity contribution in [3.63, 3.8) is 0 Å². The number of hydrazine groups is 1. The van der Waals surface area contributed by atoms with Gasteiger partial charge in [0.15, 0.2) is 0 Å². The van der Waals surface area contributed by atoms with Crippen LogP contribution in [0.3, 0.4) is 0 Å². The van der Waals surface area contributed by atoms with E-state index >= 15 is 0 Å². The minimum absolute atomic E-state index is 0.266. The highest BCUT2D eigenvalue weighted by atomic mass is 16.6. The molecule has 2 aliphatic carbocycles. The van der Waals surface area contributed by atoms with Crippen LogP contribution < -0.4 is 0 Å². The summed E-state index contributed by atoms with van der Waals surface area (Å²) >= 11 is 0. The van der Waals surface area contributed by atoms with Crippen LogP contribution in [-0.2, 0) is 15.1 Å². The Hall–Kier alpha value is -3.81. The maximum absolute atomic E-state index is 14.0. The topological polar surface area (TPSA) is 86.9 Å². The van der Waals surface area contributed by atoms with E-state index in [1.165, 1.54) is 0 Å². The first-order valence-corrected chi connectivity index (χ1v) is 15.0. The van der Waals surface area contributed by atoms with Crippen LogP contribution in [0.25, 0.3) is 0 Å². The van der Waals surface area contributed by atoms with Gasteiger partial charge in [0.05, 0.1) is 17.2 Å². The monoisotopic (exact) mass is 564 g/mol. The molecular weight excluding hydrogens is 528 g/mol. The van der Waals surface area contributed by atoms with Crippen LogP contribution in [0.2, 0.25) is 0 Å². The van der Waals surface area contributed by atoms with Gasteiger partial charge in [0, 0.05) is 5.41 Å². The number of carbonyl (C=O) groups is 3. The Morgan fingerprint density at radius 3 is 1.93 bits per heavy atom. The first-order chi connectivity index (χ1) is 20.2. The van der Waals surface area contributed by atoms with Gasteiger partial charge < -0.3 is 9.84 Å². The van der Waals surface area contributed by atoms with Crippen LogP contribution in [-0.4, -0.2) is 51.1 Å². The lowest BCUT2D eigenvalue weighted by Gasteiger charge is -2.53. The molecule has 2 heterocycles. The second-order valence-corrected chi connectivity index (χ2v) is 12.8. The molecule has 7 nitrogen and oxygen atoms in total. The quantitative estimate of drug-likeness (QED) is 0.237. The van der Waals surface area contributed by atoms with Crippen molar-refractivity contribution in [3.05, 3.63) is 107 Å². The molecule has 7 rings (SSSR count). The third-order valence-electron chi connectivity index (χ3n) is 11.0. The van der Waals surface area contributed by atoms with Crippen molar-refractivity contribution in [2.24, 2.45) is 16.7 Å². The van der Waals surface area contributed by atoms with Crippen LogP contribution in [0.15, 0.2) is 84.9 Å². The molecule has 6 unspecified atom stereocenters. The SMILES string of the molecule is CCC1C(C(=O)OC2CC3CCC2(C(O)(c2ccccc2)c2ccccc2)C3(C)C)N1N1C(=O)c2ccccc2C1=O. The molecule has 4 aliphatic rings. The highest BCUT2D eigenvalue weighted by Gasteiger charge is 2.74. The van der Waals surface area contributed by atoms with Crippen molar-refractivity contribution < 1.29 is 24.2 Å². The van der Waals surface area contributed by atoms with E-state index in [-0.39, 0.29) is 17.4 Å². The van der Waals surface area contributed by atoms with Gasteiger partial charge in [0.25, 0.3) is 11.8 Å². The molecule has 2 aliphatic heterocycles. The van der Waals surface area contributed by atoms with Gasteiger partial charge in [-0.15, -0.1) is 0 Å². The Labute approximate surface area is 246 Å². The van der Waals surface area contributed by atoms with Gasteiger partial charge in [-0.3, -0.25) is 14.4 Å². The van der Waals surface area contributed by atoms with Crippen LogP contribution in [0.1, 0.15) is 78.3 Å². The Morgan fingerprint density at radius 1 is 0.905 bits per heavy atom. The number of esters is 1. The lowest BCUT2D eigenvalue weighted by atomic mass is 9.54. The summed E-state index contributed by atoms with van der Waals surface area (Å²) < 4.78 is 6.48. The minimum Gasteiger partial charge on any atom is -0.460 e. The average Bonchev–Trinajstić information content (AvgIpc) is 3.53. The minimum atomic E-state index is -1.41. The second kappa shape index (κ2) is 9.35. The summed E-state index contributed by atoms with van der Waals surface area (Å²) in [5.41, 5.74) is -0.293. The van der Waals surface area contributed by atoms with E-state index in [0.717, 1.165) is 22.6 Å². The zero-order chi connectivity index (χ0) is 29.4. The van der Waals surface area contributed by atoms with Crippen molar-refractivity contribution in [2.75, 3.05) is 0 Å². The molecule has 3 aromatic rings. The molecule has 2 amide bonds. The predicted molar refractivity (Wildman–Crippen MR) is 156 cm³/mol. The van der Waals surface area contributed by atoms with Crippen LogP contribution in [0.4, 0.5) is 0 Å². The summed E-state index contributed by atoms with van der Waals surface area (Å²) in [7, 11) is 0. The molecule has 2 saturated carbocycles. The van der Waals surface area contributed by atoms with E-state index in [2.05, 4.69) is 13.8 Å². The van der Waals surface area contributed by atoms with Gasteiger partial charge in [-0.2, -0.15) is 5.01 Å². The number of rotatable bonds is 7. The van der Waals surface area contributed by atoms with E-state index in [1.807, 2.05) is 67.6 Å². The molecule has 0 spiro atoms. The first kappa shape index (κ1) is 27.0. The van der Waals surface area contributed by atoms with Crippen molar-refractivity contribution in [2.45, 2.75) is 70.2 Å². The van der Waals surface area contributed by atoms with Crippen molar-refractivity contribution >= 4 is 17.8 Å². The van der Waals surface area contributed by atoms with Crippen molar-refractivity contribution in [1.82, 2.24) is 10.0 Å². The third kappa shape index (κ3) is 3.38. The predicted octanol–water partition coefficient (Wildman–Crippen LogP) is 5.33. The normalized spacial score (nSPS) is 30.9. The molecule has 0 aromatic heterocycles. The lowest BCUT2D eigenvalue weighted by Crippen LogP contribution is -2.57. The summed E-state index contributed by atoms with van der Waals surface area (Å²) in [4.78, 5) is 40.5. The maximum Gasteiger partial charge on any atom is 0.327 e. The number of imide groups is 1. The third-order valence-corrected chi connectivity index (χ3v) is 11.0. The number of hydrogen-bond donors (Lipinski definition) is 1. The number of hydrogen-bond acceptors (Lipinski definition) is 6. The van der Waals surface area contributed by atoms with Gasteiger partial charge in [-0.1, -0.05) is 93.6 Å². The molecule has 216 valence electrons. The van der Waals surface area contributed by atoms with Crippen LogP contribution in [0.5, 0.6) is 0 Å². The number of nitrogens with zero attached hydrogens (tertiary/aromatic N) is 2. The largest absolute Gasteiger partial charge is 0.460 e. The average molecular weight is 565 g/mol. The number of benzene rings is 3. The second-order valence-electron chi connectivity index (χ2n) is 12.8. The Kier molecular flexibility index (Phi) is 6.02. The Bertz CT molecular complexity index is 1500. The smallest absolute Gasteiger partial charge is 0.327 e. The zero-order valence-electron chi connectivity index (χ0n) is 24.2. The summed E-state index contributed by atoms with van der Waals surface area (Å²) in [5.74, 6) is -1.01. The van der Waals surface area contributed by atoms with Gasteiger partial charge in [-0.25, -0.2) is 5.01 Å². The fraction of sp³-hybridized carbons (Fsp3) is 0.400. The zero-order valence-corrected chi connectivity index (χ0v) is 24.2. The number of amides is 2. The maximum atomic E-state index is 14.0. The number of carbonyl (C=O) groups excluding carboxylic acids is 3. The molecule has 1 N–H and O–H groups in total. The van der Waals surface area contributed by atoms with Crippen LogP contribution >= 0.6 is 0 Å². The van der Waals surface area contributed by atoms with Crippen molar-refractivity contribution in [1.29, 1.82) is 0 Å². The molecule has 1 saturated heterocycles. The first-order valence-electron chi connectivity index (χ1n) is 15.0. The molecule has 7 heteroatoms. The molecule has 3 aromatic carbocycles. The van der Waals surface area contributed by atoms with E-state index in [0.29, 0.717) is 30.4 Å². The van der Waals surface area contributed by atoms with E-state index < -0.39 is 40.9 Å². The fourth-order valence-corrected chi connectivity index (χ4v) is 8.78. The van der Waals surface area contributed by atoms with E-state index in [4.69, 9.17) is 4.74 Å². The van der Waals surface area contributed by atoms with Crippen molar-refractivity contribution in [3.8, 4) is 0 Å². The van der Waals surface area contributed by atoms with E-state index in [9.17, 15) is 19.5 Å². The highest BCUT2D eigenvalue weighted by Crippen LogP contribution is 2.73. The van der Waals surface area contributed by atoms with Gasteiger partial charge in [0.1, 0.15) is 17.7 Å². The van der Waals surface area contributed by atoms with E-state index in [1.54, 1.807) is 29.3 Å². The summed E-state index contributed by atoms with van der Waals surface area (Å²) in [6.07, 6.45) is 2.32. The molecule has 6 atom stereocenters. The Morgan fingerprint density at radius 2 is 1.43 bits per heavy atom. The number of ether oxygens (including phenoxy) is 1. The highest BCUT2D eigenvalue weighted by molar-refractivity contribution is 6.21. The summed E-state index contributed by atoms with van der Waals surface area (Å²) in [5, 5.41) is 15.8. The Balaban J connectivity index is 1.25. The molecule has 42 heavy (non-hydrogen) atoms. The number of fused-ring (bicyclic) bond motifs is 3. The van der Waals surface area contributed by atoms with Gasteiger partial charge in [-0.05, 0) is 60.3 Å². The summed E-state index contributed by atoms with van der Waals surface area (Å²) in [6.45, 7) is 6.34. The molecular formula is C35H36N2O5. The van der Waals surface area contributed by atoms with Gasteiger partial charge in [0.2, 0.25) is 0 Å². The fourth-order valence-electron chi connectivity index (χ4n) is 8.78. The summed E-state index contributed by atoms with van der Waals surface area (Å²) in [6, 6.07) is 25.1. The lowest BCUT2D eigenvalue weighted by molar-refractivity contribution is -0.185. The molecule has 3 fully saturated rings. The van der Waals surface area contributed by atoms with Gasteiger partial charge >= 0.3 is 5.97 Å². The molecule has 2 bridgehead atoms. The van der Waals surface area contributed by atoms with Crippen LogP contribution in [0, 0.1) is 16.7 Å². The number of aliphatic hydroxyl groups is 1. The molecule has 0 radical (unpaired) electrons.